The minimum atomic E-state index is -3.73. The lowest BCUT2D eigenvalue weighted by atomic mass is 9.94. The van der Waals surface area contributed by atoms with Gasteiger partial charge in [0.2, 0.25) is 15.9 Å². The molecule has 0 saturated carbocycles. The van der Waals surface area contributed by atoms with E-state index in [4.69, 9.17) is 23.2 Å². The molecule has 1 saturated heterocycles. The Morgan fingerprint density at radius 2 is 1.96 bits per heavy atom. The van der Waals surface area contributed by atoms with Gasteiger partial charge in [-0.1, -0.05) is 23.2 Å². The van der Waals surface area contributed by atoms with Crippen LogP contribution >= 0.6 is 23.2 Å². The van der Waals surface area contributed by atoms with Crippen LogP contribution in [0.25, 0.3) is 0 Å². The molecule has 152 valence electrons. The maximum absolute atomic E-state index is 12.6. The van der Waals surface area contributed by atoms with Gasteiger partial charge >= 0.3 is 0 Å². The molecule has 27 heavy (non-hydrogen) atoms. The summed E-state index contributed by atoms with van der Waals surface area (Å²) in [7, 11) is -1.62. The van der Waals surface area contributed by atoms with Crippen LogP contribution in [0.4, 0.5) is 5.69 Å². The zero-order chi connectivity index (χ0) is 20.2. The molecule has 0 bridgehead atoms. The molecule has 1 amide bonds. The number of sulfonamides is 1. The van der Waals surface area contributed by atoms with E-state index in [-0.39, 0.29) is 16.6 Å². The van der Waals surface area contributed by atoms with Crippen LogP contribution in [0, 0.1) is 5.92 Å². The van der Waals surface area contributed by atoms with Gasteiger partial charge in [0.25, 0.3) is 0 Å². The average Bonchev–Trinajstić information content (AvgIpc) is 2.58. The van der Waals surface area contributed by atoms with E-state index in [9.17, 15) is 13.2 Å². The molecule has 1 heterocycles. The topological polar surface area (TPSA) is 69.7 Å². The molecular weight excluding hydrogens is 409 g/mol. The summed E-state index contributed by atoms with van der Waals surface area (Å²) in [4.78, 5) is 14.9. The van der Waals surface area contributed by atoms with E-state index >= 15 is 0 Å². The number of benzene rings is 1. The van der Waals surface area contributed by atoms with Crippen LogP contribution in [-0.4, -0.2) is 58.2 Å². The first-order chi connectivity index (χ1) is 12.6. The van der Waals surface area contributed by atoms with Crippen molar-refractivity contribution in [3.8, 4) is 0 Å². The second-order valence-corrected chi connectivity index (χ2v) is 9.86. The molecule has 0 aliphatic carbocycles. The second kappa shape index (κ2) is 9.45. The first-order valence-electron chi connectivity index (χ1n) is 9.00. The molecule has 1 fully saturated rings. The van der Waals surface area contributed by atoms with E-state index < -0.39 is 16.1 Å². The number of anilines is 1. The standard InChI is InChI=1S/C18H27Cl2N3O3S/c1-13(18(24)21-9-6-14-7-10-22(2)11-8-14)23(27(3,25)26)17-12-15(19)4-5-16(17)20/h4-5,12-14H,6-11H2,1-3H3,(H,21,24). The number of carbonyl (C=O) groups is 1. The zero-order valence-corrected chi connectivity index (χ0v) is 18.2. The normalized spacial score (nSPS) is 17.5. The number of nitrogens with one attached hydrogen (secondary N) is 1. The van der Waals surface area contributed by atoms with Crippen LogP contribution in [0.5, 0.6) is 0 Å². The molecule has 0 radical (unpaired) electrons. The van der Waals surface area contributed by atoms with Gasteiger partial charge in [-0.15, -0.1) is 0 Å². The van der Waals surface area contributed by atoms with Crippen molar-refractivity contribution in [3.63, 3.8) is 0 Å². The molecule has 1 aliphatic heterocycles. The smallest absolute Gasteiger partial charge is 0.243 e. The Hall–Kier alpha value is -1.02. The summed E-state index contributed by atoms with van der Waals surface area (Å²) in [6.45, 7) is 4.22. The minimum absolute atomic E-state index is 0.199. The quantitative estimate of drug-likeness (QED) is 0.714. The highest BCUT2D eigenvalue weighted by Crippen LogP contribution is 2.32. The molecule has 1 N–H and O–H groups in total. The minimum Gasteiger partial charge on any atom is -0.354 e. The highest BCUT2D eigenvalue weighted by atomic mass is 35.5. The fourth-order valence-corrected chi connectivity index (χ4v) is 4.94. The number of hydrogen-bond donors (Lipinski definition) is 1. The van der Waals surface area contributed by atoms with Gasteiger partial charge in [0.05, 0.1) is 17.0 Å². The summed E-state index contributed by atoms with van der Waals surface area (Å²) >= 11 is 12.2. The molecule has 1 unspecified atom stereocenters. The van der Waals surface area contributed by atoms with Gasteiger partial charge in [-0.05, 0) is 70.4 Å². The third kappa shape index (κ3) is 6.24. The van der Waals surface area contributed by atoms with Crippen molar-refractivity contribution >= 4 is 44.8 Å². The van der Waals surface area contributed by atoms with Crippen LogP contribution < -0.4 is 9.62 Å². The summed E-state index contributed by atoms with van der Waals surface area (Å²) in [5, 5.41) is 3.43. The van der Waals surface area contributed by atoms with Crippen molar-refractivity contribution in [2.75, 3.05) is 37.2 Å². The first-order valence-corrected chi connectivity index (χ1v) is 11.6. The van der Waals surface area contributed by atoms with Crippen LogP contribution in [0.2, 0.25) is 10.0 Å². The summed E-state index contributed by atoms with van der Waals surface area (Å²) < 4.78 is 25.7. The second-order valence-electron chi connectivity index (χ2n) is 7.16. The maximum Gasteiger partial charge on any atom is 0.243 e. The van der Waals surface area contributed by atoms with Gasteiger partial charge in [0.15, 0.2) is 0 Å². The lowest BCUT2D eigenvalue weighted by Crippen LogP contribution is -2.48. The molecule has 1 aromatic carbocycles. The van der Waals surface area contributed by atoms with E-state index in [0.717, 1.165) is 42.9 Å². The van der Waals surface area contributed by atoms with E-state index in [1.54, 1.807) is 13.0 Å². The van der Waals surface area contributed by atoms with Crippen LogP contribution in [0.1, 0.15) is 26.2 Å². The van der Waals surface area contributed by atoms with E-state index in [2.05, 4.69) is 17.3 Å². The van der Waals surface area contributed by atoms with E-state index in [1.165, 1.54) is 12.1 Å². The van der Waals surface area contributed by atoms with Crippen molar-refractivity contribution in [1.82, 2.24) is 10.2 Å². The fraction of sp³-hybridized carbons (Fsp3) is 0.611. The van der Waals surface area contributed by atoms with Gasteiger partial charge in [-0.25, -0.2) is 8.42 Å². The van der Waals surface area contributed by atoms with Crippen LogP contribution in [0.15, 0.2) is 18.2 Å². The molecular formula is C18H27Cl2N3O3S. The number of halogens is 2. The number of piperidine rings is 1. The number of hydrogen-bond acceptors (Lipinski definition) is 4. The molecule has 0 spiro atoms. The third-order valence-electron chi connectivity index (χ3n) is 4.92. The Kier molecular flexibility index (Phi) is 7.80. The number of amides is 1. The van der Waals surface area contributed by atoms with Crippen LogP contribution in [0.3, 0.4) is 0 Å². The molecule has 9 heteroatoms. The Morgan fingerprint density at radius 3 is 2.56 bits per heavy atom. The van der Waals surface area contributed by atoms with Crippen LogP contribution in [-0.2, 0) is 14.8 Å². The summed E-state index contributed by atoms with van der Waals surface area (Å²) in [6.07, 6.45) is 4.18. The fourth-order valence-electron chi connectivity index (χ4n) is 3.33. The molecule has 1 atom stereocenters. The number of nitrogens with zero attached hydrogens (tertiary/aromatic N) is 2. The highest BCUT2D eigenvalue weighted by molar-refractivity contribution is 7.92. The number of rotatable bonds is 7. The van der Waals surface area contributed by atoms with Gasteiger partial charge in [-0.3, -0.25) is 9.10 Å². The predicted octanol–water partition coefficient (Wildman–Crippen LogP) is 3.00. The van der Waals surface area contributed by atoms with Crippen molar-refractivity contribution in [2.24, 2.45) is 5.92 Å². The van der Waals surface area contributed by atoms with Crippen molar-refractivity contribution in [3.05, 3.63) is 28.2 Å². The highest BCUT2D eigenvalue weighted by Gasteiger charge is 2.30. The van der Waals surface area contributed by atoms with Crippen molar-refractivity contribution < 1.29 is 13.2 Å². The Balaban J connectivity index is 2.03. The monoisotopic (exact) mass is 435 g/mol. The molecule has 2 rings (SSSR count). The van der Waals surface area contributed by atoms with Gasteiger partial charge in [0, 0.05) is 11.6 Å². The third-order valence-corrected chi connectivity index (χ3v) is 6.71. The largest absolute Gasteiger partial charge is 0.354 e. The maximum atomic E-state index is 12.6. The Morgan fingerprint density at radius 1 is 1.33 bits per heavy atom. The Bertz CT molecular complexity index is 765. The average molecular weight is 436 g/mol. The number of likely N-dealkylation sites (tertiary alicyclic amines) is 1. The molecule has 1 aromatic rings. The lowest BCUT2D eigenvalue weighted by molar-refractivity contribution is -0.121. The Labute approximate surface area is 171 Å². The lowest BCUT2D eigenvalue weighted by Gasteiger charge is -2.30. The summed E-state index contributed by atoms with van der Waals surface area (Å²) in [5.74, 6) is 0.231. The predicted molar refractivity (Wildman–Crippen MR) is 111 cm³/mol. The molecule has 1 aliphatic rings. The summed E-state index contributed by atoms with van der Waals surface area (Å²) in [5.41, 5.74) is 0.199. The molecule has 6 nitrogen and oxygen atoms in total. The zero-order valence-electron chi connectivity index (χ0n) is 15.9. The first kappa shape index (κ1) is 22.3. The van der Waals surface area contributed by atoms with Gasteiger partial charge in [0.1, 0.15) is 6.04 Å². The van der Waals surface area contributed by atoms with Gasteiger partial charge in [-0.2, -0.15) is 0 Å². The SMILES string of the molecule is CC(C(=O)NCCC1CCN(C)CC1)N(c1cc(Cl)ccc1Cl)S(C)(=O)=O. The van der Waals surface area contributed by atoms with Crippen molar-refractivity contribution in [2.45, 2.75) is 32.2 Å². The summed E-state index contributed by atoms with van der Waals surface area (Å²) in [6, 6.07) is 3.60. The van der Waals surface area contributed by atoms with Gasteiger partial charge < -0.3 is 10.2 Å². The molecule has 0 aromatic heterocycles. The number of carbonyl (C=O) groups excluding carboxylic acids is 1. The van der Waals surface area contributed by atoms with E-state index in [0.29, 0.717) is 17.5 Å². The van der Waals surface area contributed by atoms with Crippen molar-refractivity contribution in [1.29, 1.82) is 0 Å². The van der Waals surface area contributed by atoms with E-state index in [1.807, 2.05) is 0 Å².